The molecule has 1 aromatic carbocycles. The van der Waals surface area contributed by atoms with Crippen LogP contribution in [0.25, 0.3) is 0 Å². The van der Waals surface area contributed by atoms with Crippen molar-refractivity contribution in [2.75, 3.05) is 39.6 Å². The Hall–Kier alpha value is -3.02. The molecular formula is C21H28N4O7. The highest BCUT2D eigenvalue weighted by molar-refractivity contribution is 6.05. The number of nitrogens with two attached hydrogens (primary N) is 1. The van der Waals surface area contributed by atoms with Crippen molar-refractivity contribution in [2.45, 2.75) is 32.0 Å². The van der Waals surface area contributed by atoms with Crippen LogP contribution in [0.3, 0.4) is 0 Å². The Morgan fingerprint density at radius 3 is 2.62 bits per heavy atom. The van der Waals surface area contributed by atoms with E-state index in [0.29, 0.717) is 38.3 Å². The van der Waals surface area contributed by atoms with Crippen molar-refractivity contribution < 1.29 is 33.4 Å². The molecule has 0 aromatic heterocycles. The van der Waals surface area contributed by atoms with Crippen molar-refractivity contribution in [3.05, 3.63) is 34.9 Å². The second-order valence-corrected chi connectivity index (χ2v) is 7.39. The van der Waals surface area contributed by atoms with E-state index in [4.69, 9.17) is 19.9 Å². The van der Waals surface area contributed by atoms with Crippen LogP contribution in [-0.4, -0.2) is 74.3 Å². The molecule has 2 aliphatic rings. The van der Waals surface area contributed by atoms with Gasteiger partial charge in [-0.15, -0.1) is 0 Å². The van der Waals surface area contributed by atoms with Crippen LogP contribution >= 0.6 is 0 Å². The van der Waals surface area contributed by atoms with Crippen LogP contribution < -0.4 is 16.4 Å². The molecular weight excluding hydrogens is 420 g/mol. The first-order chi connectivity index (χ1) is 15.5. The second-order valence-electron chi connectivity index (χ2n) is 7.39. The summed E-state index contributed by atoms with van der Waals surface area (Å²) in [7, 11) is 0. The third-order valence-electron chi connectivity index (χ3n) is 5.12. The minimum absolute atomic E-state index is 0.113. The number of hydrogen-bond donors (Lipinski definition) is 3. The van der Waals surface area contributed by atoms with Crippen molar-refractivity contribution in [1.29, 1.82) is 0 Å². The lowest BCUT2D eigenvalue weighted by atomic mass is 10.0. The van der Waals surface area contributed by atoms with Gasteiger partial charge in [-0.1, -0.05) is 12.1 Å². The molecule has 1 fully saturated rings. The summed E-state index contributed by atoms with van der Waals surface area (Å²) in [5.41, 5.74) is 7.40. The lowest BCUT2D eigenvalue weighted by Gasteiger charge is -2.29. The predicted octanol–water partition coefficient (Wildman–Crippen LogP) is -0.334. The fraction of sp³-hybridized carbons (Fsp3) is 0.524. The SMILES string of the molecule is NCCOCCOCCOC(=O)NCc1ccc2c(c1)CN(C1CCC(=O)NC1=O)C2=O. The Morgan fingerprint density at radius 2 is 1.88 bits per heavy atom. The molecule has 4 amide bonds. The Labute approximate surface area is 185 Å². The van der Waals surface area contributed by atoms with Crippen molar-refractivity contribution in [3.63, 3.8) is 0 Å². The number of amides is 4. The van der Waals surface area contributed by atoms with Crippen molar-refractivity contribution in [1.82, 2.24) is 15.5 Å². The second kappa shape index (κ2) is 11.6. The molecule has 0 bridgehead atoms. The highest BCUT2D eigenvalue weighted by atomic mass is 16.6. The van der Waals surface area contributed by atoms with Crippen molar-refractivity contribution in [3.8, 4) is 0 Å². The molecule has 0 radical (unpaired) electrons. The van der Waals surface area contributed by atoms with Gasteiger partial charge < -0.3 is 30.2 Å². The van der Waals surface area contributed by atoms with E-state index in [1.165, 1.54) is 4.90 Å². The fourth-order valence-corrected chi connectivity index (χ4v) is 3.56. The van der Waals surface area contributed by atoms with Crippen LogP contribution in [0.4, 0.5) is 4.79 Å². The molecule has 4 N–H and O–H groups in total. The number of ether oxygens (including phenoxy) is 3. The van der Waals surface area contributed by atoms with Gasteiger partial charge in [-0.2, -0.15) is 0 Å². The van der Waals surface area contributed by atoms with Gasteiger partial charge in [0.2, 0.25) is 11.8 Å². The number of nitrogens with one attached hydrogen (secondary N) is 2. The van der Waals surface area contributed by atoms with Gasteiger partial charge in [0, 0.05) is 31.6 Å². The molecule has 2 aliphatic heterocycles. The molecule has 1 atom stereocenters. The minimum Gasteiger partial charge on any atom is -0.447 e. The molecule has 32 heavy (non-hydrogen) atoms. The van der Waals surface area contributed by atoms with E-state index in [2.05, 4.69) is 10.6 Å². The lowest BCUT2D eigenvalue weighted by Crippen LogP contribution is -2.52. The van der Waals surface area contributed by atoms with E-state index in [1.54, 1.807) is 12.1 Å². The summed E-state index contributed by atoms with van der Waals surface area (Å²) in [5.74, 6) is -1.00. The normalized spacial score (nSPS) is 17.8. The standard InChI is InChI=1S/C21H28N4O7/c22-5-6-30-7-8-31-9-10-32-21(29)23-12-14-1-2-16-15(11-14)13-25(20(16)28)17-3-4-18(26)24-19(17)27/h1-2,11,17H,3-10,12-13,22H2,(H,23,29)(H,24,26,27). The van der Waals surface area contributed by atoms with Crippen molar-refractivity contribution in [2.24, 2.45) is 5.73 Å². The van der Waals surface area contributed by atoms with Gasteiger partial charge in [0.1, 0.15) is 12.6 Å². The monoisotopic (exact) mass is 448 g/mol. The zero-order valence-electron chi connectivity index (χ0n) is 17.8. The van der Waals surface area contributed by atoms with Gasteiger partial charge in [-0.3, -0.25) is 19.7 Å². The van der Waals surface area contributed by atoms with E-state index in [-0.39, 0.29) is 44.5 Å². The number of rotatable bonds is 11. The van der Waals surface area contributed by atoms with Crippen LogP contribution in [0.5, 0.6) is 0 Å². The maximum atomic E-state index is 12.7. The smallest absolute Gasteiger partial charge is 0.407 e. The number of imide groups is 1. The quantitative estimate of drug-likeness (QED) is 0.308. The van der Waals surface area contributed by atoms with Gasteiger partial charge in [-0.05, 0) is 23.6 Å². The van der Waals surface area contributed by atoms with E-state index < -0.39 is 18.0 Å². The number of alkyl carbamates (subject to hydrolysis) is 1. The number of carbonyl (C=O) groups is 4. The molecule has 2 heterocycles. The van der Waals surface area contributed by atoms with Gasteiger partial charge >= 0.3 is 6.09 Å². The van der Waals surface area contributed by atoms with Gasteiger partial charge in [0.15, 0.2) is 0 Å². The highest BCUT2D eigenvalue weighted by Gasteiger charge is 2.39. The minimum atomic E-state index is -0.654. The largest absolute Gasteiger partial charge is 0.447 e. The van der Waals surface area contributed by atoms with Crippen LogP contribution in [0.2, 0.25) is 0 Å². The third-order valence-corrected chi connectivity index (χ3v) is 5.12. The Morgan fingerprint density at radius 1 is 1.12 bits per heavy atom. The predicted molar refractivity (Wildman–Crippen MR) is 111 cm³/mol. The zero-order chi connectivity index (χ0) is 22.9. The summed E-state index contributed by atoms with van der Waals surface area (Å²) in [6, 6.07) is 4.60. The number of fused-ring (bicyclic) bond motifs is 1. The first-order valence-corrected chi connectivity index (χ1v) is 10.5. The molecule has 1 aromatic rings. The average Bonchev–Trinajstić information content (AvgIpc) is 3.09. The molecule has 1 unspecified atom stereocenters. The van der Waals surface area contributed by atoms with E-state index in [0.717, 1.165) is 11.1 Å². The lowest BCUT2D eigenvalue weighted by molar-refractivity contribution is -0.136. The summed E-state index contributed by atoms with van der Waals surface area (Å²) in [6.07, 6.45) is -0.0505. The fourth-order valence-electron chi connectivity index (χ4n) is 3.56. The number of carbonyl (C=O) groups excluding carboxylic acids is 4. The Kier molecular flexibility index (Phi) is 8.54. The first-order valence-electron chi connectivity index (χ1n) is 10.5. The molecule has 1 saturated heterocycles. The zero-order valence-corrected chi connectivity index (χ0v) is 17.8. The molecule has 174 valence electrons. The molecule has 3 rings (SSSR count). The maximum absolute atomic E-state index is 12.7. The van der Waals surface area contributed by atoms with E-state index >= 15 is 0 Å². The van der Waals surface area contributed by atoms with E-state index in [1.807, 2.05) is 6.07 Å². The van der Waals surface area contributed by atoms with Crippen LogP contribution in [0.1, 0.15) is 34.3 Å². The molecule has 0 aliphatic carbocycles. The number of hydrogen-bond acceptors (Lipinski definition) is 8. The highest BCUT2D eigenvalue weighted by Crippen LogP contribution is 2.28. The number of nitrogens with zero attached hydrogens (tertiary/aromatic N) is 1. The number of benzene rings is 1. The van der Waals surface area contributed by atoms with Crippen LogP contribution in [0.15, 0.2) is 18.2 Å². The summed E-state index contributed by atoms with van der Waals surface area (Å²) >= 11 is 0. The number of piperidine rings is 1. The van der Waals surface area contributed by atoms with Crippen molar-refractivity contribution >= 4 is 23.8 Å². The first kappa shape index (κ1) is 23.6. The topological polar surface area (TPSA) is 149 Å². The summed E-state index contributed by atoms with van der Waals surface area (Å²) in [4.78, 5) is 49.5. The summed E-state index contributed by atoms with van der Waals surface area (Å²) in [6.45, 7) is 2.66. The molecule has 0 saturated carbocycles. The van der Waals surface area contributed by atoms with Gasteiger partial charge in [0.05, 0.1) is 26.4 Å². The summed E-state index contributed by atoms with van der Waals surface area (Å²) < 4.78 is 15.5. The molecule has 11 nitrogen and oxygen atoms in total. The molecule has 0 spiro atoms. The van der Waals surface area contributed by atoms with Crippen LogP contribution in [0, 0.1) is 0 Å². The van der Waals surface area contributed by atoms with E-state index in [9.17, 15) is 19.2 Å². The Balaban J connectivity index is 1.41. The van der Waals surface area contributed by atoms with Gasteiger partial charge in [0.25, 0.3) is 5.91 Å². The maximum Gasteiger partial charge on any atom is 0.407 e. The molecule has 11 heteroatoms. The average molecular weight is 448 g/mol. The van der Waals surface area contributed by atoms with Gasteiger partial charge in [-0.25, -0.2) is 4.79 Å². The summed E-state index contributed by atoms with van der Waals surface area (Å²) in [5, 5.41) is 4.93. The third kappa shape index (κ3) is 6.25. The Bertz CT molecular complexity index is 861. The van der Waals surface area contributed by atoms with Crippen LogP contribution in [-0.2, 0) is 36.9 Å².